The van der Waals surface area contributed by atoms with Gasteiger partial charge in [-0.3, -0.25) is 4.79 Å². The average Bonchev–Trinajstić information content (AvgIpc) is 3.08. The summed E-state index contributed by atoms with van der Waals surface area (Å²) in [4.78, 5) is 17.9. The monoisotopic (exact) mass is 672 g/mol. The number of nitrogens with zero attached hydrogens (tertiary/aromatic N) is 4. The molecule has 258 valence electrons. The number of hydrogen-bond donors (Lipinski definition) is 2. The summed E-state index contributed by atoms with van der Waals surface area (Å²) < 4.78 is 30.3. The zero-order valence-corrected chi connectivity index (χ0v) is 29.3. The maximum absolute atomic E-state index is 13.5. The minimum absolute atomic E-state index is 0.0107. The maximum Gasteiger partial charge on any atom is 0.242 e. The lowest BCUT2D eigenvalue weighted by Crippen LogP contribution is -2.52. The van der Waals surface area contributed by atoms with Gasteiger partial charge >= 0.3 is 0 Å². The largest absolute Gasteiger partial charge is 0.487 e. The summed E-state index contributed by atoms with van der Waals surface area (Å²) in [5.41, 5.74) is 3.22. The molecule has 2 heterocycles. The third-order valence-electron chi connectivity index (χ3n) is 7.93. The van der Waals surface area contributed by atoms with Crippen LogP contribution in [0.5, 0.6) is 5.75 Å². The highest BCUT2D eigenvalue weighted by molar-refractivity contribution is 6.32. The molecule has 0 saturated heterocycles. The lowest BCUT2D eigenvalue weighted by atomic mass is 9.87. The normalized spacial score (nSPS) is 15.5. The van der Waals surface area contributed by atoms with Gasteiger partial charge in [-0.25, -0.2) is 4.39 Å². The first-order chi connectivity index (χ1) is 22.8. The second-order valence-electron chi connectivity index (χ2n) is 10.9. The fourth-order valence-electron chi connectivity index (χ4n) is 5.49. The molecule has 0 radical (unpaired) electrons. The minimum Gasteiger partial charge on any atom is -0.487 e. The molecule has 1 aromatic heterocycles. The number of anilines is 3. The molecule has 1 aliphatic rings. The van der Waals surface area contributed by atoms with E-state index in [1.165, 1.54) is 12.1 Å². The average molecular weight is 673 g/mol. The van der Waals surface area contributed by atoms with Crippen LogP contribution in [0.15, 0.2) is 48.7 Å². The van der Waals surface area contributed by atoms with Gasteiger partial charge in [0, 0.05) is 38.0 Å². The third-order valence-corrected chi connectivity index (χ3v) is 8.23. The molecule has 2 atom stereocenters. The first kappa shape index (κ1) is 37.9. The van der Waals surface area contributed by atoms with E-state index in [1.807, 2.05) is 19.9 Å². The van der Waals surface area contributed by atoms with Crippen LogP contribution in [0.3, 0.4) is 0 Å². The summed E-state index contributed by atoms with van der Waals surface area (Å²) in [5.74, 6) is 0.767. The van der Waals surface area contributed by atoms with Crippen molar-refractivity contribution in [1.82, 2.24) is 20.4 Å². The number of rotatable bonds is 17. The summed E-state index contributed by atoms with van der Waals surface area (Å²) in [6.45, 7) is 15.7. The van der Waals surface area contributed by atoms with Crippen LogP contribution < -0.4 is 20.3 Å². The fraction of sp³-hybridized carbons (Fsp3) is 0.514. The van der Waals surface area contributed by atoms with Gasteiger partial charge in [-0.05, 0) is 61.3 Å². The van der Waals surface area contributed by atoms with Crippen molar-refractivity contribution in [3.63, 3.8) is 0 Å². The molecule has 4 rings (SSSR count). The molecule has 1 amide bonds. The Balaban J connectivity index is 0.00000294. The van der Waals surface area contributed by atoms with Crippen LogP contribution in [0.1, 0.15) is 58.1 Å². The zero-order valence-electron chi connectivity index (χ0n) is 28.5. The molecular weight excluding hydrogens is 623 g/mol. The van der Waals surface area contributed by atoms with Gasteiger partial charge in [0.25, 0.3) is 0 Å². The highest BCUT2D eigenvalue weighted by Crippen LogP contribution is 2.42. The standard InChI is InChI=1S/C33H44ClFN6O4.C2H6/c1-5-40(6-2)13-12-36-33(42)28-18-23(3)31-29(41(28)14-15-44-17-16-43-4)21-37-39-32(31)38-26-10-11-30(27(34)20-26)45-22-24-8-7-9-25(35)19-24;1-2/h7-11,19-21,23,28H,5-6,12-18,22H2,1-4H3,(H,36,42)(H,38,39);1-2H3. The number of hydrogen-bond acceptors (Lipinski definition) is 9. The first-order valence-electron chi connectivity index (χ1n) is 16.5. The van der Waals surface area contributed by atoms with Crippen molar-refractivity contribution in [3.8, 4) is 5.75 Å². The SMILES string of the molecule is CC.CCN(CC)CCNC(=O)C1CC(C)c2c(cnnc2Nc2ccc(OCc3cccc(F)c3)c(Cl)c2)N1CCOCCOC. The number of aromatic nitrogens is 2. The van der Waals surface area contributed by atoms with Crippen molar-refractivity contribution in [1.29, 1.82) is 0 Å². The van der Waals surface area contributed by atoms with Crippen LogP contribution in [0.4, 0.5) is 21.6 Å². The van der Waals surface area contributed by atoms with Crippen molar-refractivity contribution >= 4 is 34.7 Å². The van der Waals surface area contributed by atoms with Gasteiger partial charge in [0.05, 0.1) is 36.7 Å². The van der Waals surface area contributed by atoms with Gasteiger partial charge in [0.15, 0.2) is 5.82 Å². The van der Waals surface area contributed by atoms with Gasteiger partial charge in [-0.15, -0.1) is 5.10 Å². The van der Waals surface area contributed by atoms with Crippen LogP contribution in [0.2, 0.25) is 5.02 Å². The highest BCUT2D eigenvalue weighted by atomic mass is 35.5. The van der Waals surface area contributed by atoms with Crippen molar-refractivity contribution in [2.45, 2.75) is 59.6 Å². The van der Waals surface area contributed by atoms with Gasteiger partial charge in [0.1, 0.15) is 24.2 Å². The van der Waals surface area contributed by atoms with E-state index in [9.17, 15) is 9.18 Å². The Morgan fingerprint density at radius 2 is 1.91 bits per heavy atom. The molecule has 47 heavy (non-hydrogen) atoms. The Morgan fingerprint density at radius 1 is 1.13 bits per heavy atom. The number of carbonyl (C=O) groups excluding carboxylic acids is 1. The predicted molar refractivity (Wildman–Crippen MR) is 187 cm³/mol. The fourth-order valence-corrected chi connectivity index (χ4v) is 5.72. The second kappa shape index (κ2) is 20.0. The molecule has 10 nitrogen and oxygen atoms in total. The lowest BCUT2D eigenvalue weighted by Gasteiger charge is -2.40. The number of methoxy groups -OCH3 is 1. The van der Waals surface area contributed by atoms with E-state index in [2.05, 4.69) is 51.4 Å². The Labute approximate surface area is 283 Å². The van der Waals surface area contributed by atoms with E-state index in [0.717, 1.165) is 30.9 Å². The summed E-state index contributed by atoms with van der Waals surface area (Å²) in [5, 5.41) is 15.7. The number of amides is 1. The summed E-state index contributed by atoms with van der Waals surface area (Å²) >= 11 is 6.56. The number of ether oxygens (including phenoxy) is 3. The molecule has 0 fully saturated rings. The molecule has 0 spiro atoms. The predicted octanol–water partition coefficient (Wildman–Crippen LogP) is 6.42. The van der Waals surface area contributed by atoms with Crippen LogP contribution in [-0.2, 0) is 20.9 Å². The maximum atomic E-state index is 13.5. The van der Waals surface area contributed by atoms with Crippen molar-refractivity contribution < 1.29 is 23.4 Å². The Morgan fingerprint density at radius 3 is 2.62 bits per heavy atom. The molecule has 0 bridgehead atoms. The zero-order chi connectivity index (χ0) is 34.2. The molecule has 12 heteroatoms. The van der Waals surface area contributed by atoms with Crippen molar-refractivity contribution in [2.24, 2.45) is 0 Å². The quantitative estimate of drug-likeness (QED) is 0.157. The van der Waals surface area contributed by atoms with E-state index in [4.69, 9.17) is 25.8 Å². The van der Waals surface area contributed by atoms with Crippen molar-refractivity contribution in [3.05, 3.63) is 70.6 Å². The van der Waals surface area contributed by atoms with E-state index in [-0.39, 0.29) is 30.3 Å². The number of halogens is 2. The van der Waals surface area contributed by atoms with E-state index >= 15 is 0 Å². The molecule has 2 unspecified atom stereocenters. The molecular formula is C35H50ClFN6O4. The number of benzene rings is 2. The number of fused-ring (bicyclic) bond motifs is 1. The number of likely N-dealkylation sites (N-methyl/N-ethyl adjacent to an activating group) is 1. The molecule has 2 N–H and O–H groups in total. The summed E-state index contributed by atoms with van der Waals surface area (Å²) in [6, 6.07) is 11.2. The molecule has 3 aromatic rings. The first-order valence-corrected chi connectivity index (χ1v) is 16.8. The van der Waals surface area contributed by atoms with Gasteiger partial charge in [-0.2, -0.15) is 5.10 Å². The van der Waals surface area contributed by atoms with E-state index < -0.39 is 0 Å². The van der Waals surface area contributed by atoms with Gasteiger partial charge in [-0.1, -0.05) is 58.4 Å². The molecule has 2 aromatic carbocycles. The molecule has 1 aliphatic heterocycles. The van der Waals surface area contributed by atoms with Crippen molar-refractivity contribution in [2.75, 3.05) is 69.9 Å². The summed E-state index contributed by atoms with van der Waals surface area (Å²) in [6.07, 6.45) is 2.33. The van der Waals surface area contributed by atoms with E-state index in [1.54, 1.807) is 37.6 Å². The second-order valence-corrected chi connectivity index (χ2v) is 11.4. The lowest BCUT2D eigenvalue weighted by molar-refractivity contribution is -0.122. The number of carbonyl (C=O) groups is 1. The highest BCUT2D eigenvalue weighted by Gasteiger charge is 2.37. The van der Waals surface area contributed by atoms with Gasteiger partial charge in [0.2, 0.25) is 5.91 Å². The van der Waals surface area contributed by atoms with Crippen LogP contribution in [0, 0.1) is 5.82 Å². The van der Waals surface area contributed by atoms with Gasteiger partial charge < -0.3 is 34.6 Å². The Bertz CT molecular complexity index is 1400. The third kappa shape index (κ3) is 11.0. The van der Waals surface area contributed by atoms with E-state index in [0.29, 0.717) is 67.2 Å². The number of nitrogens with one attached hydrogen (secondary N) is 2. The smallest absolute Gasteiger partial charge is 0.242 e. The Kier molecular flexibility index (Phi) is 16.1. The topological polar surface area (TPSA) is 101 Å². The van der Waals surface area contributed by atoms with Crippen LogP contribution in [-0.4, -0.2) is 86.7 Å². The molecule has 0 saturated carbocycles. The minimum atomic E-state index is -0.378. The Hall–Kier alpha value is -3.51. The summed E-state index contributed by atoms with van der Waals surface area (Å²) in [7, 11) is 1.64. The van der Waals surface area contributed by atoms with Crippen LogP contribution >= 0.6 is 11.6 Å². The molecule has 0 aliphatic carbocycles. The van der Waals surface area contributed by atoms with Crippen LogP contribution in [0.25, 0.3) is 0 Å².